The van der Waals surface area contributed by atoms with E-state index < -0.39 is 28.9 Å². The molecule has 0 aromatic heterocycles. The zero-order valence-electron chi connectivity index (χ0n) is 15.2. The summed E-state index contributed by atoms with van der Waals surface area (Å²) in [4.78, 5) is 37.6. The van der Waals surface area contributed by atoms with E-state index >= 15 is 0 Å². The van der Waals surface area contributed by atoms with Gasteiger partial charge in [-0.1, -0.05) is 54.2 Å². The van der Waals surface area contributed by atoms with Crippen LogP contribution in [0.1, 0.15) is 25.5 Å². The van der Waals surface area contributed by atoms with E-state index in [-0.39, 0.29) is 0 Å². The lowest BCUT2D eigenvalue weighted by atomic mass is 10.0. The molecule has 0 saturated heterocycles. The molecule has 140 valence electrons. The fraction of sp³-hybridized carbons (Fsp3) is 0.250. The number of carbonyl (C=O) groups excluding carboxylic acids is 3. The molecule has 1 heterocycles. The third kappa shape index (κ3) is 3.55. The number of esters is 2. The van der Waals surface area contributed by atoms with E-state index in [1.807, 2.05) is 24.3 Å². The molecular formula is C20H19NO5S. The molecule has 0 bridgehead atoms. The molecular weight excluding hydrogens is 366 g/mol. The van der Waals surface area contributed by atoms with Crippen LogP contribution in [0.5, 0.6) is 0 Å². The van der Waals surface area contributed by atoms with Crippen molar-refractivity contribution in [3.05, 3.63) is 60.2 Å². The van der Waals surface area contributed by atoms with Gasteiger partial charge in [0.15, 0.2) is 6.10 Å². The second kappa shape index (κ2) is 7.44. The molecule has 2 aromatic rings. The Morgan fingerprint density at radius 3 is 2.26 bits per heavy atom. The Hall–Kier alpha value is -2.80. The first-order valence-corrected chi connectivity index (χ1v) is 9.15. The fourth-order valence-electron chi connectivity index (χ4n) is 3.03. The largest absolute Gasteiger partial charge is 0.452 e. The Morgan fingerprint density at radius 1 is 1.00 bits per heavy atom. The zero-order chi connectivity index (χ0) is 19.6. The topological polar surface area (TPSA) is 72.9 Å². The van der Waals surface area contributed by atoms with Crippen molar-refractivity contribution in [2.45, 2.75) is 29.8 Å². The summed E-state index contributed by atoms with van der Waals surface area (Å²) in [5.74, 6) is -1.70. The molecule has 0 spiro atoms. The lowest BCUT2D eigenvalue weighted by molar-refractivity contribution is -0.175. The molecule has 2 unspecified atom stereocenters. The molecule has 2 atom stereocenters. The van der Waals surface area contributed by atoms with Crippen molar-refractivity contribution in [1.82, 2.24) is 0 Å². The van der Waals surface area contributed by atoms with Crippen LogP contribution in [0.25, 0.3) is 0 Å². The summed E-state index contributed by atoms with van der Waals surface area (Å²) in [5, 5.41) is 0. The van der Waals surface area contributed by atoms with Gasteiger partial charge in [0.2, 0.25) is 0 Å². The van der Waals surface area contributed by atoms with E-state index in [0.717, 1.165) is 16.7 Å². The average molecular weight is 385 g/mol. The van der Waals surface area contributed by atoms with Crippen LogP contribution in [0.4, 0.5) is 5.69 Å². The van der Waals surface area contributed by atoms with Gasteiger partial charge in [-0.25, -0.2) is 0 Å². The molecule has 0 aliphatic carbocycles. The third-order valence-electron chi connectivity index (χ3n) is 4.12. The van der Waals surface area contributed by atoms with Gasteiger partial charge in [-0.3, -0.25) is 14.4 Å². The summed E-state index contributed by atoms with van der Waals surface area (Å²) < 4.78 is 11.1. The number of hydrogen-bond acceptors (Lipinski definition) is 6. The van der Waals surface area contributed by atoms with E-state index in [9.17, 15) is 14.4 Å². The number of amides is 1. The summed E-state index contributed by atoms with van der Waals surface area (Å²) >= 11 is 1.08. The molecule has 1 aliphatic rings. The molecule has 2 aromatic carbocycles. The highest BCUT2D eigenvalue weighted by molar-refractivity contribution is 8.01. The zero-order valence-corrected chi connectivity index (χ0v) is 16.0. The molecule has 7 heteroatoms. The number of carbonyl (C=O) groups is 3. The number of likely N-dealkylation sites (N-methyl/N-ethyl adjacent to an activating group) is 1. The van der Waals surface area contributed by atoms with Crippen LogP contribution in [0.2, 0.25) is 0 Å². The number of anilines is 1. The Morgan fingerprint density at radius 2 is 1.63 bits per heavy atom. The maximum absolute atomic E-state index is 13.4. The summed E-state index contributed by atoms with van der Waals surface area (Å²) in [6.45, 7) is 2.49. The highest BCUT2D eigenvalue weighted by Crippen LogP contribution is 2.52. The number of fused-ring (bicyclic) bond motifs is 1. The van der Waals surface area contributed by atoms with Crippen molar-refractivity contribution < 1.29 is 23.9 Å². The Balaban J connectivity index is 2.20. The van der Waals surface area contributed by atoms with Gasteiger partial charge < -0.3 is 14.4 Å². The van der Waals surface area contributed by atoms with Crippen LogP contribution < -0.4 is 4.90 Å². The van der Waals surface area contributed by atoms with Gasteiger partial charge in [0.05, 0.1) is 5.69 Å². The van der Waals surface area contributed by atoms with E-state index in [4.69, 9.17) is 9.47 Å². The van der Waals surface area contributed by atoms with Crippen LogP contribution >= 0.6 is 11.8 Å². The van der Waals surface area contributed by atoms with Crippen molar-refractivity contribution in [3.8, 4) is 0 Å². The fourth-order valence-corrected chi connectivity index (χ4v) is 4.48. The Labute approximate surface area is 161 Å². The lowest BCUT2D eigenvalue weighted by Gasteiger charge is -2.43. The standard InChI is InChI=1S/C20H19NO5S/c1-13(22)25-18(15-9-5-4-6-10-15)20(26-14(2)23)19(24)21(3)16-11-7-8-12-17(16)27-20/h4-12,18H,1-3H3. The summed E-state index contributed by atoms with van der Waals surface area (Å²) in [7, 11) is 1.61. The number of nitrogens with zero attached hydrogens (tertiary/aromatic N) is 1. The second-order valence-corrected chi connectivity index (χ2v) is 7.35. The normalized spacial score (nSPS) is 19.8. The molecule has 0 radical (unpaired) electrons. The van der Waals surface area contributed by atoms with Crippen molar-refractivity contribution >= 4 is 35.3 Å². The van der Waals surface area contributed by atoms with Crippen LogP contribution in [-0.2, 0) is 23.9 Å². The predicted molar refractivity (Wildman–Crippen MR) is 101 cm³/mol. The molecule has 3 rings (SSSR count). The highest BCUT2D eigenvalue weighted by atomic mass is 32.2. The maximum atomic E-state index is 13.4. The SMILES string of the molecule is CC(=O)OC(c1ccccc1)C1(OC(C)=O)Sc2ccccc2N(C)C1=O. The second-order valence-electron chi connectivity index (χ2n) is 6.10. The lowest BCUT2D eigenvalue weighted by Crippen LogP contribution is -2.55. The smallest absolute Gasteiger partial charge is 0.304 e. The summed E-state index contributed by atoms with van der Waals surface area (Å²) in [5.41, 5.74) is 1.26. The summed E-state index contributed by atoms with van der Waals surface area (Å²) in [6.07, 6.45) is -1.10. The predicted octanol–water partition coefficient (Wildman–Crippen LogP) is 3.32. The van der Waals surface area contributed by atoms with E-state index in [1.54, 1.807) is 37.4 Å². The minimum absolute atomic E-state index is 0.475. The number of thioether (sulfide) groups is 1. The van der Waals surface area contributed by atoms with Gasteiger partial charge >= 0.3 is 11.9 Å². The molecule has 6 nitrogen and oxygen atoms in total. The Bertz CT molecular complexity index is 885. The van der Waals surface area contributed by atoms with Gasteiger partial charge in [-0.05, 0) is 17.7 Å². The van der Waals surface area contributed by atoms with Crippen LogP contribution in [0.15, 0.2) is 59.5 Å². The third-order valence-corrected chi connectivity index (χ3v) is 5.46. The minimum atomic E-state index is -1.76. The van der Waals surface area contributed by atoms with Gasteiger partial charge in [-0.2, -0.15) is 0 Å². The highest BCUT2D eigenvalue weighted by Gasteiger charge is 2.57. The number of hydrogen-bond donors (Lipinski definition) is 0. The van der Waals surface area contributed by atoms with E-state index in [2.05, 4.69) is 0 Å². The Kier molecular flexibility index (Phi) is 5.23. The van der Waals surface area contributed by atoms with Gasteiger partial charge in [0.1, 0.15) is 0 Å². The summed E-state index contributed by atoms with van der Waals surface area (Å²) in [6, 6.07) is 16.1. The van der Waals surface area contributed by atoms with Crippen molar-refractivity contribution in [1.29, 1.82) is 0 Å². The molecule has 0 N–H and O–H groups in total. The van der Waals surface area contributed by atoms with Gasteiger partial charge in [0.25, 0.3) is 10.8 Å². The number of para-hydroxylation sites is 1. The van der Waals surface area contributed by atoms with Gasteiger partial charge in [0, 0.05) is 25.8 Å². The number of benzene rings is 2. The number of ether oxygens (including phenoxy) is 2. The first-order chi connectivity index (χ1) is 12.8. The molecule has 0 fully saturated rings. The van der Waals surface area contributed by atoms with E-state index in [0.29, 0.717) is 11.3 Å². The van der Waals surface area contributed by atoms with Crippen molar-refractivity contribution in [2.24, 2.45) is 0 Å². The average Bonchev–Trinajstić information content (AvgIpc) is 2.64. The molecule has 27 heavy (non-hydrogen) atoms. The van der Waals surface area contributed by atoms with Gasteiger partial charge in [-0.15, -0.1) is 0 Å². The van der Waals surface area contributed by atoms with Crippen molar-refractivity contribution in [3.63, 3.8) is 0 Å². The first-order valence-electron chi connectivity index (χ1n) is 8.33. The van der Waals surface area contributed by atoms with Crippen molar-refractivity contribution in [2.75, 3.05) is 11.9 Å². The number of rotatable bonds is 4. The minimum Gasteiger partial charge on any atom is -0.452 e. The van der Waals surface area contributed by atoms with Crippen LogP contribution in [0, 0.1) is 0 Å². The monoisotopic (exact) mass is 385 g/mol. The van der Waals surface area contributed by atoms with Crippen LogP contribution in [-0.4, -0.2) is 29.8 Å². The van der Waals surface area contributed by atoms with Crippen LogP contribution in [0.3, 0.4) is 0 Å². The molecule has 0 saturated carbocycles. The quantitative estimate of drug-likeness (QED) is 0.752. The van der Waals surface area contributed by atoms with E-state index in [1.165, 1.54) is 18.7 Å². The molecule has 1 amide bonds. The first kappa shape index (κ1) is 19.0. The molecule has 1 aliphatic heterocycles. The maximum Gasteiger partial charge on any atom is 0.304 e.